The van der Waals surface area contributed by atoms with Crippen molar-refractivity contribution in [1.29, 1.82) is 0 Å². The van der Waals surface area contributed by atoms with Gasteiger partial charge in [-0.2, -0.15) is 0 Å². The topological polar surface area (TPSA) is 88.1 Å². The van der Waals surface area contributed by atoms with E-state index in [1.165, 1.54) is 12.1 Å². The van der Waals surface area contributed by atoms with Gasteiger partial charge in [0.25, 0.3) is 5.69 Å². The van der Waals surface area contributed by atoms with Crippen molar-refractivity contribution in [2.24, 2.45) is 10.2 Å². The lowest BCUT2D eigenvalue weighted by Gasteiger charge is -2.18. The number of benzene rings is 3. The fourth-order valence-corrected chi connectivity index (χ4v) is 2.67. The highest BCUT2D eigenvalue weighted by atomic mass is 16.6. The van der Waals surface area contributed by atoms with Gasteiger partial charge in [0.05, 0.1) is 4.92 Å². The predicted molar refractivity (Wildman–Crippen MR) is 102 cm³/mol. The molecule has 0 saturated carbocycles. The molecule has 0 atom stereocenters. The van der Waals surface area contributed by atoms with Crippen molar-refractivity contribution in [2.75, 3.05) is 0 Å². The van der Waals surface area contributed by atoms with Gasteiger partial charge in [-0.25, -0.2) is 0 Å². The normalized spacial score (nSPS) is 12.0. The molecular formula is C20H19N3O3. The number of phenols is 1. The number of aromatic hydroxyl groups is 1. The molecule has 6 heteroatoms. The van der Waals surface area contributed by atoms with Crippen molar-refractivity contribution in [3.8, 4) is 5.75 Å². The molecule has 6 nitrogen and oxygen atoms in total. The number of hydrogen-bond donors (Lipinski definition) is 1. The van der Waals surface area contributed by atoms with Crippen LogP contribution in [0, 0.1) is 10.1 Å². The molecule has 0 aliphatic rings. The number of rotatable bonds is 3. The van der Waals surface area contributed by atoms with Crippen molar-refractivity contribution in [1.82, 2.24) is 0 Å². The first-order chi connectivity index (χ1) is 12.3. The molecule has 132 valence electrons. The summed E-state index contributed by atoms with van der Waals surface area (Å²) in [7, 11) is 0. The van der Waals surface area contributed by atoms with E-state index in [9.17, 15) is 15.2 Å². The number of fused-ring (bicyclic) bond motifs is 1. The summed E-state index contributed by atoms with van der Waals surface area (Å²) in [5.74, 6) is -0.0265. The third-order valence-electron chi connectivity index (χ3n) is 4.18. The van der Waals surface area contributed by atoms with Crippen LogP contribution in [0.25, 0.3) is 10.8 Å². The Kier molecular flexibility index (Phi) is 4.42. The van der Waals surface area contributed by atoms with Gasteiger partial charge in [-0.1, -0.05) is 57.2 Å². The number of hydrogen-bond acceptors (Lipinski definition) is 5. The maximum Gasteiger partial charge on any atom is 0.297 e. The zero-order chi connectivity index (χ0) is 18.9. The van der Waals surface area contributed by atoms with Gasteiger partial charge in [0.1, 0.15) is 11.4 Å². The molecule has 0 aliphatic heterocycles. The summed E-state index contributed by atoms with van der Waals surface area (Å²) < 4.78 is 0. The molecule has 0 aromatic heterocycles. The minimum Gasteiger partial charge on any atom is -0.506 e. The number of nitrogens with zero attached hydrogens (tertiary/aromatic N) is 3. The van der Waals surface area contributed by atoms with Crippen LogP contribution in [0.4, 0.5) is 17.1 Å². The minimum absolute atomic E-state index is 0.0265. The number of nitro groups is 1. The lowest BCUT2D eigenvalue weighted by Crippen LogP contribution is -2.11. The number of nitro benzene ring substituents is 1. The molecule has 0 fully saturated rings. The lowest BCUT2D eigenvalue weighted by molar-refractivity contribution is -0.384. The molecule has 0 radical (unpaired) electrons. The molecule has 0 saturated heterocycles. The zero-order valence-electron chi connectivity index (χ0n) is 14.8. The molecule has 0 aliphatic carbocycles. The van der Waals surface area contributed by atoms with Gasteiger partial charge in [0.2, 0.25) is 0 Å². The lowest BCUT2D eigenvalue weighted by atomic mass is 9.87. The minimum atomic E-state index is -0.466. The fraction of sp³-hybridized carbons (Fsp3) is 0.200. The summed E-state index contributed by atoms with van der Waals surface area (Å²) >= 11 is 0. The summed E-state index contributed by atoms with van der Waals surface area (Å²) in [5, 5.41) is 31.4. The second-order valence-electron chi connectivity index (χ2n) is 7.07. The van der Waals surface area contributed by atoms with Crippen LogP contribution < -0.4 is 0 Å². The Morgan fingerprint density at radius 2 is 1.73 bits per heavy atom. The van der Waals surface area contributed by atoms with E-state index in [1.807, 2.05) is 51.1 Å². The largest absolute Gasteiger partial charge is 0.506 e. The Morgan fingerprint density at radius 3 is 2.42 bits per heavy atom. The van der Waals surface area contributed by atoms with E-state index in [2.05, 4.69) is 10.2 Å². The van der Waals surface area contributed by atoms with E-state index >= 15 is 0 Å². The molecule has 3 rings (SSSR count). The molecule has 3 aromatic rings. The Morgan fingerprint density at radius 1 is 1.00 bits per heavy atom. The average molecular weight is 349 g/mol. The predicted octanol–water partition coefficient (Wildman–Crippen LogP) is 6.17. The van der Waals surface area contributed by atoms with Crippen molar-refractivity contribution < 1.29 is 10.0 Å². The Balaban J connectivity index is 2.10. The van der Waals surface area contributed by atoms with Crippen LogP contribution in [0.2, 0.25) is 0 Å². The molecule has 0 spiro atoms. The van der Waals surface area contributed by atoms with Gasteiger partial charge in [0.15, 0.2) is 5.69 Å². The van der Waals surface area contributed by atoms with Crippen LogP contribution in [0.3, 0.4) is 0 Å². The van der Waals surface area contributed by atoms with E-state index in [4.69, 9.17) is 0 Å². The smallest absolute Gasteiger partial charge is 0.297 e. The first-order valence-electron chi connectivity index (χ1n) is 8.19. The van der Waals surface area contributed by atoms with Gasteiger partial charge in [-0.05, 0) is 28.5 Å². The molecular weight excluding hydrogens is 330 g/mol. The Bertz CT molecular complexity index is 1020. The maximum absolute atomic E-state index is 11.4. The number of phenolic OH excluding ortho intramolecular Hbond substituents is 1. The molecule has 0 amide bonds. The van der Waals surface area contributed by atoms with E-state index in [-0.39, 0.29) is 28.2 Å². The van der Waals surface area contributed by atoms with Crippen molar-refractivity contribution in [2.45, 2.75) is 26.2 Å². The second-order valence-corrected chi connectivity index (χ2v) is 7.07. The molecule has 0 bridgehead atoms. The van der Waals surface area contributed by atoms with E-state index in [0.29, 0.717) is 0 Å². The quantitative estimate of drug-likeness (QED) is 0.348. The van der Waals surface area contributed by atoms with Crippen LogP contribution in [0.1, 0.15) is 26.3 Å². The highest BCUT2D eigenvalue weighted by Crippen LogP contribution is 2.38. The van der Waals surface area contributed by atoms with Crippen LogP contribution >= 0.6 is 0 Å². The van der Waals surface area contributed by atoms with Crippen molar-refractivity contribution in [3.63, 3.8) is 0 Å². The summed E-state index contributed by atoms with van der Waals surface area (Å²) in [6.07, 6.45) is 0. The molecule has 3 aromatic carbocycles. The molecule has 0 heterocycles. The standard InChI is InChI=1S/C20H19N3O3/c1-20(2,3)14-9-10-16(17(12-14)23(25)26)21-22-19-15-7-5-4-6-13(15)8-11-18(19)24/h4-12,24H,1-3H3. The van der Waals surface area contributed by atoms with Crippen LogP contribution in [-0.2, 0) is 5.41 Å². The van der Waals surface area contributed by atoms with Crippen LogP contribution in [0.15, 0.2) is 64.8 Å². The average Bonchev–Trinajstić information content (AvgIpc) is 2.60. The van der Waals surface area contributed by atoms with Crippen molar-refractivity contribution >= 4 is 27.8 Å². The Hall–Kier alpha value is -3.28. The zero-order valence-corrected chi connectivity index (χ0v) is 14.8. The van der Waals surface area contributed by atoms with E-state index in [1.54, 1.807) is 12.1 Å². The monoisotopic (exact) mass is 349 g/mol. The first-order valence-corrected chi connectivity index (χ1v) is 8.19. The SMILES string of the molecule is CC(C)(C)c1ccc(N=Nc2c(O)ccc3ccccc23)c([N+](=O)[O-])c1. The van der Waals surface area contributed by atoms with Crippen molar-refractivity contribution in [3.05, 3.63) is 70.3 Å². The van der Waals surface area contributed by atoms with E-state index < -0.39 is 4.92 Å². The summed E-state index contributed by atoms with van der Waals surface area (Å²) in [6, 6.07) is 15.7. The molecule has 0 unspecified atom stereocenters. The Labute approximate surface area is 151 Å². The van der Waals surface area contributed by atoms with Gasteiger partial charge in [-0.15, -0.1) is 10.2 Å². The molecule has 1 N–H and O–H groups in total. The molecule has 26 heavy (non-hydrogen) atoms. The van der Waals surface area contributed by atoms with E-state index in [0.717, 1.165) is 16.3 Å². The van der Waals surface area contributed by atoms with Gasteiger partial charge < -0.3 is 5.11 Å². The van der Waals surface area contributed by atoms with Gasteiger partial charge in [-0.3, -0.25) is 10.1 Å². The second kappa shape index (κ2) is 6.55. The highest BCUT2D eigenvalue weighted by molar-refractivity contribution is 5.95. The van der Waals surface area contributed by atoms with Crippen LogP contribution in [-0.4, -0.2) is 10.0 Å². The first kappa shape index (κ1) is 17.5. The third-order valence-corrected chi connectivity index (χ3v) is 4.18. The highest BCUT2D eigenvalue weighted by Gasteiger charge is 2.21. The maximum atomic E-state index is 11.4. The number of azo groups is 1. The van der Waals surface area contributed by atoms with Crippen LogP contribution in [0.5, 0.6) is 5.75 Å². The summed E-state index contributed by atoms with van der Waals surface area (Å²) in [5.41, 5.74) is 0.957. The fourth-order valence-electron chi connectivity index (χ4n) is 2.67. The van der Waals surface area contributed by atoms with Gasteiger partial charge >= 0.3 is 0 Å². The van der Waals surface area contributed by atoms with Gasteiger partial charge in [0, 0.05) is 11.5 Å². The summed E-state index contributed by atoms with van der Waals surface area (Å²) in [4.78, 5) is 11.0. The third kappa shape index (κ3) is 3.39. The summed E-state index contributed by atoms with van der Waals surface area (Å²) in [6.45, 7) is 5.96.